The van der Waals surface area contributed by atoms with Crippen molar-refractivity contribution in [3.63, 3.8) is 0 Å². The Morgan fingerprint density at radius 1 is 1.35 bits per heavy atom. The van der Waals surface area contributed by atoms with Gasteiger partial charge in [-0.1, -0.05) is 24.8 Å². The van der Waals surface area contributed by atoms with Crippen molar-refractivity contribution in [1.29, 1.82) is 0 Å². The van der Waals surface area contributed by atoms with Crippen molar-refractivity contribution in [3.8, 4) is 5.75 Å². The first kappa shape index (κ1) is 18.3. The standard InChI is InChI=1S/C18H20N2O5S/c1-10-9-26-15-12(14(21)20(15)13(10)16(22)23)19-17(24)18(2,3)25-11-7-5-4-6-8-11/h4-8,12-13,15H,1,9H2,2-3H3,(H,19,24)(H,22,23)/t12?,13?,15-/m0/s1. The number of thioether (sulfide) groups is 1. The third-order valence-corrected chi connectivity index (χ3v) is 5.75. The van der Waals surface area contributed by atoms with Gasteiger partial charge in [-0.25, -0.2) is 4.79 Å². The highest BCUT2D eigenvalue weighted by Crippen LogP contribution is 2.40. The number of benzene rings is 1. The van der Waals surface area contributed by atoms with Gasteiger partial charge in [0.25, 0.3) is 5.91 Å². The third kappa shape index (κ3) is 3.16. The van der Waals surface area contributed by atoms with Crippen molar-refractivity contribution in [2.24, 2.45) is 0 Å². The lowest BCUT2D eigenvalue weighted by Gasteiger charge is -2.52. The molecule has 26 heavy (non-hydrogen) atoms. The van der Waals surface area contributed by atoms with Crippen molar-refractivity contribution in [2.45, 2.75) is 36.9 Å². The number of aliphatic carboxylic acids is 1. The average molecular weight is 376 g/mol. The van der Waals surface area contributed by atoms with Crippen LogP contribution in [0.25, 0.3) is 0 Å². The number of carbonyl (C=O) groups excluding carboxylic acids is 2. The molecule has 0 aliphatic carbocycles. The van der Waals surface area contributed by atoms with Gasteiger partial charge in [0.05, 0.1) is 0 Å². The fraction of sp³-hybridized carbons (Fsp3) is 0.389. The molecule has 2 aliphatic rings. The van der Waals surface area contributed by atoms with Crippen molar-refractivity contribution < 1.29 is 24.2 Å². The summed E-state index contributed by atoms with van der Waals surface area (Å²) in [6, 6.07) is 7.13. The molecule has 0 radical (unpaired) electrons. The Morgan fingerprint density at radius 2 is 2.00 bits per heavy atom. The zero-order valence-electron chi connectivity index (χ0n) is 14.5. The van der Waals surface area contributed by atoms with E-state index in [1.54, 1.807) is 38.1 Å². The van der Waals surface area contributed by atoms with Gasteiger partial charge in [-0.15, -0.1) is 11.8 Å². The lowest BCUT2D eigenvalue weighted by Crippen LogP contribution is -2.75. The molecule has 0 saturated carbocycles. The number of nitrogens with zero attached hydrogens (tertiary/aromatic N) is 1. The van der Waals surface area contributed by atoms with Gasteiger partial charge in [0, 0.05) is 5.75 Å². The summed E-state index contributed by atoms with van der Waals surface area (Å²) in [5.74, 6) is -0.979. The number of β-lactam (4-membered cyclic amide) rings is 1. The van der Waals surface area contributed by atoms with E-state index in [1.807, 2.05) is 6.07 Å². The van der Waals surface area contributed by atoms with Crippen LogP contribution in [-0.4, -0.2) is 56.6 Å². The summed E-state index contributed by atoms with van der Waals surface area (Å²) in [6.45, 7) is 6.97. The number of amides is 2. The smallest absolute Gasteiger partial charge is 0.330 e. The number of fused-ring (bicyclic) bond motifs is 1. The van der Waals surface area contributed by atoms with Crippen LogP contribution in [-0.2, 0) is 14.4 Å². The number of carbonyl (C=O) groups is 3. The number of hydrogen-bond donors (Lipinski definition) is 2. The first-order chi connectivity index (χ1) is 12.2. The van der Waals surface area contributed by atoms with Crippen molar-refractivity contribution in [3.05, 3.63) is 42.5 Å². The van der Waals surface area contributed by atoms with Crippen molar-refractivity contribution in [2.75, 3.05) is 5.75 Å². The maximum absolute atomic E-state index is 12.6. The molecule has 1 aromatic carbocycles. The fourth-order valence-corrected chi connectivity index (χ4v) is 4.28. The predicted octanol–water partition coefficient (Wildman–Crippen LogP) is 1.25. The molecule has 7 nitrogen and oxygen atoms in total. The van der Waals surface area contributed by atoms with Gasteiger partial charge in [-0.2, -0.15) is 0 Å². The van der Waals surface area contributed by atoms with Gasteiger partial charge in [0.15, 0.2) is 11.6 Å². The van der Waals surface area contributed by atoms with Gasteiger partial charge in [0.2, 0.25) is 5.91 Å². The minimum atomic E-state index is -1.18. The minimum Gasteiger partial charge on any atom is -0.479 e. The maximum atomic E-state index is 12.6. The van der Waals surface area contributed by atoms with Gasteiger partial charge in [-0.3, -0.25) is 9.59 Å². The highest BCUT2D eigenvalue weighted by Gasteiger charge is 2.56. The summed E-state index contributed by atoms with van der Waals surface area (Å²) >= 11 is 1.40. The predicted molar refractivity (Wildman–Crippen MR) is 96.7 cm³/mol. The molecule has 3 atom stereocenters. The summed E-state index contributed by atoms with van der Waals surface area (Å²) in [5, 5.41) is 11.6. The summed E-state index contributed by atoms with van der Waals surface area (Å²) < 4.78 is 5.73. The summed E-state index contributed by atoms with van der Waals surface area (Å²) in [7, 11) is 0. The van der Waals surface area contributed by atoms with Gasteiger partial charge in [0.1, 0.15) is 17.2 Å². The largest absolute Gasteiger partial charge is 0.479 e. The van der Waals surface area contributed by atoms with E-state index >= 15 is 0 Å². The zero-order valence-corrected chi connectivity index (χ0v) is 15.3. The molecule has 2 saturated heterocycles. The Kier molecular flexibility index (Phi) is 4.70. The Morgan fingerprint density at radius 3 is 2.62 bits per heavy atom. The molecule has 2 aliphatic heterocycles. The highest BCUT2D eigenvalue weighted by atomic mass is 32.2. The molecule has 8 heteroatoms. The number of carboxylic acids is 1. The van der Waals surface area contributed by atoms with E-state index in [-0.39, 0.29) is 0 Å². The second-order valence-electron chi connectivity index (χ2n) is 6.72. The maximum Gasteiger partial charge on any atom is 0.330 e. The van der Waals surface area contributed by atoms with Crippen LogP contribution in [0.4, 0.5) is 0 Å². The Labute approximate surface area is 155 Å². The Balaban J connectivity index is 1.68. The molecule has 2 fully saturated rings. The van der Waals surface area contributed by atoms with Crippen molar-refractivity contribution >= 4 is 29.5 Å². The number of carboxylic acid groups (broad SMARTS) is 1. The van der Waals surface area contributed by atoms with Crippen LogP contribution < -0.4 is 10.1 Å². The average Bonchev–Trinajstić information content (AvgIpc) is 2.59. The second-order valence-corrected chi connectivity index (χ2v) is 7.83. The zero-order chi connectivity index (χ0) is 19.1. The molecule has 2 heterocycles. The van der Waals surface area contributed by atoms with Crippen LogP contribution in [0, 0.1) is 0 Å². The third-order valence-electron chi connectivity index (χ3n) is 4.37. The molecule has 0 bridgehead atoms. The van der Waals surface area contributed by atoms with Gasteiger partial charge >= 0.3 is 5.97 Å². The molecule has 138 valence electrons. The van der Waals surface area contributed by atoms with Crippen LogP contribution in [0.3, 0.4) is 0 Å². The van der Waals surface area contributed by atoms with E-state index < -0.39 is 40.8 Å². The molecule has 2 unspecified atom stereocenters. The lowest BCUT2D eigenvalue weighted by atomic mass is 9.97. The SMILES string of the molecule is C=C1CS[C@H]2C(NC(=O)C(C)(C)Oc3ccccc3)C(=O)N2C1C(=O)O. The van der Waals surface area contributed by atoms with E-state index in [4.69, 9.17) is 4.74 Å². The number of para-hydroxylation sites is 1. The second kappa shape index (κ2) is 6.68. The van der Waals surface area contributed by atoms with Gasteiger partial charge < -0.3 is 20.1 Å². The number of ether oxygens (including phenoxy) is 1. The first-order valence-corrected chi connectivity index (χ1v) is 9.16. The number of nitrogens with one attached hydrogen (secondary N) is 1. The van der Waals surface area contributed by atoms with Crippen molar-refractivity contribution in [1.82, 2.24) is 10.2 Å². The molecule has 0 spiro atoms. The van der Waals surface area contributed by atoms with E-state index in [1.165, 1.54) is 16.7 Å². The quantitative estimate of drug-likeness (QED) is 0.593. The van der Waals surface area contributed by atoms with E-state index in [9.17, 15) is 19.5 Å². The van der Waals surface area contributed by atoms with E-state index in [0.29, 0.717) is 17.1 Å². The normalized spacial score (nSPS) is 25.2. The van der Waals surface area contributed by atoms with Crippen LogP contribution in [0.15, 0.2) is 42.5 Å². The Bertz CT molecular complexity index is 764. The molecular weight excluding hydrogens is 356 g/mol. The molecule has 0 aromatic heterocycles. The van der Waals surface area contributed by atoms with Crippen LogP contribution in [0.2, 0.25) is 0 Å². The summed E-state index contributed by atoms with van der Waals surface area (Å²) in [5.41, 5.74) is -0.707. The van der Waals surface area contributed by atoms with E-state index in [0.717, 1.165) is 0 Å². The summed E-state index contributed by atoms with van der Waals surface area (Å²) in [4.78, 5) is 37.7. The lowest BCUT2D eigenvalue weighted by molar-refractivity contribution is -0.161. The van der Waals surface area contributed by atoms with Crippen LogP contribution in [0.5, 0.6) is 5.75 Å². The molecule has 3 rings (SSSR count). The minimum absolute atomic E-state index is 0.412. The highest BCUT2D eigenvalue weighted by molar-refractivity contribution is 8.00. The summed E-state index contributed by atoms with van der Waals surface area (Å²) in [6.07, 6.45) is 0. The molecular formula is C18H20N2O5S. The van der Waals surface area contributed by atoms with Crippen LogP contribution in [0.1, 0.15) is 13.8 Å². The monoisotopic (exact) mass is 376 g/mol. The molecule has 2 N–H and O–H groups in total. The number of hydrogen-bond acceptors (Lipinski definition) is 5. The Hall–Kier alpha value is -2.48. The fourth-order valence-electron chi connectivity index (χ4n) is 2.98. The topological polar surface area (TPSA) is 95.9 Å². The number of rotatable bonds is 5. The molecule has 1 aromatic rings. The van der Waals surface area contributed by atoms with Gasteiger partial charge in [-0.05, 0) is 31.6 Å². The van der Waals surface area contributed by atoms with E-state index in [2.05, 4.69) is 11.9 Å². The molecule has 2 amide bonds. The van der Waals surface area contributed by atoms with Crippen LogP contribution >= 0.6 is 11.8 Å². The first-order valence-electron chi connectivity index (χ1n) is 8.11.